The van der Waals surface area contributed by atoms with Crippen molar-refractivity contribution in [1.29, 1.82) is 0 Å². The van der Waals surface area contributed by atoms with Crippen LogP contribution in [-0.4, -0.2) is 44.4 Å². The van der Waals surface area contributed by atoms with Crippen LogP contribution in [0.25, 0.3) is 0 Å². The van der Waals surface area contributed by atoms with E-state index in [9.17, 15) is 13.2 Å². The maximum Gasteiger partial charge on any atom is 0.317 e. The first-order valence-electron chi connectivity index (χ1n) is 7.60. The number of nitrogens with zero attached hydrogens (tertiary/aromatic N) is 1. The number of carbonyl (C=O) groups excluding carboxylic acids is 1. The first-order valence-corrected chi connectivity index (χ1v) is 9.66. The molecule has 0 saturated carbocycles. The minimum absolute atomic E-state index is 0.0490. The quantitative estimate of drug-likeness (QED) is 0.921. The summed E-state index contributed by atoms with van der Waals surface area (Å²) in [5.74, 6) is 0.210. The number of sulfone groups is 1. The Morgan fingerprint density at radius 2 is 2.09 bits per heavy atom. The molecule has 22 heavy (non-hydrogen) atoms. The van der Waals surface area contributed by atoms with Gasteiger partial charge in [0.05, 0.1) is 5.75 Å². The molecule has 1 saturated heterocycles. The maximum atomic E-state index is 12.3. The molecule has 0 aliphatic carbocycles. The van der Waals surface area contributed by atoms with Gasteiger partial charge in [-0.25, -0.2) is 13.2 Å². The summed E-state index contributed by atoms with van der Waals surface area (Å²) < 4.78 is 22.8. The normalized spacial score (nSPS) is 19.0. The van der Waals surface area contributed by atoms with Crippen molar-refractivity contribution in [2.45, 2.75) is 26.3 Å². The number of amides is 2. The highest BCUT2D eigenvalue weighted by atomic mass is 32.2. The molecule has 0 spiro atoms. The van der Waals surface area contributed by atoms with E-state index in [0.717, 1.165) is 24.0 Å². The molecule has 2 amide bonds. The molecule has 1 atom stereocenters. The Balaban J connectivity index is 1.88. The number of carbonyl (C=O) groups is 1. The van der Waals surface area contributed by atoms with Gasteiger partial charge in [0, 0.05) is 25.9 Å². The Morgan fingerprint density at radius 1 is 1.36 bits per heavy atom. The molecular weight excluding hydrogens is 300 g/mol. The lowest BCUT2D eigenvalue weighted by atomic mass is 10.0. The summed E-state index contributed by atoms with van der Waals surface area (Å²) in [4.78, 5) is 14.0. The lowest BCUT2D eigenvalue weighted by Gasteiger charge is -2.32. The molecule has 0 aromatic heterocycles. The largest absolute Gasteiger partial charge is 0.334 e. The Kier molecular flexibility index (Phi) is 5.45. The van der Waals surface area contributed by atoms with Gasteiger partial charge in [0.15, 0.2) is 0 Å². The summed E-state index contributed by atoms with van der Waals surface area (Å²) >= 11 is 0. The van der Waals surface area contributed by atoms with Crippen molar-refractivity contribution in [3.05, 3.63) is 35.4 Å². The zero-order valence-corrected chi connectivity index (χ0v) is 14.0. The summed E-state index contributed by atoms with van der Waals surface area (Å²) in [5, 5.41) is 2.93. The van der Waals surface area contributed by atoms with Gasteiger partial charge in [-0.1, -0.05) is 24.3 Å². The summed E-state index contributed by atoms with van der Waals surface area (Å²) in [6.45, 7) is 3.73. The second kappa shape index (κ2) is 7.13. The smallest absolute Gasteiger partial charge is 0.317 e. The van der Waals surface area contributed by atoms with Crippen molar-refractivity contribution in [3.63, 3.8) is 0 Å². The van der Waals surface area contributed by atoms with E-state index in [1.165, 1.54) is 6.26 Å². The van der Waals surface area contributed by atoms with Crippen molar-refractivity contribution in [2.75, 3.05) is 25.1 Å². The number of nitrogens with one attached hydrogen (secondary N) is 1. The minimum Gasteiger partial charge on any atom is -0.334 e. The highest BCUT2D eigenvalue weighted by Gasteiger charge is 2.25. The summed E-state index contributed by atoms with van der Waals surface area (Å²) in [5.41, 5.74) is 2.25. The van der Waals surface area contributed by atoms with Gasteiger partial charge in [0.25, 0.3) is 0 Å². The van der Waals surface area contributed by atoms with E-state index in [1.54, 1.807) is 4.90 Å². The third kappa shape index (κ3) is 5.02. The van der Waals surface area contributed by atoms with Crippen molar-refractivity contribution < 1.29 is 13.2 Å². The van der Waals surface area contributed by atoms with Gasteiger partial charge in [0.1, 0.15) is 9.84 Å². The topological polar surface area (TPSA) is 66.5 Å². The van der Waals surface area contributed by atoms with E-state index in [0.29, 0.717) is 19.6 Å². The highest BCUT2D eigenvalue weighted by Crippen LogP contribution is 2.18. The number of aryl methyl sites for hydroxylation is 1. The second-order valence-electron chi connectivity index (χ2n) is 6.13. The molecule has 122 valence electrons. The number of urea groups is 1. The third-order valence-electron chi connectivity index (χ3n) is 4.04. The molecule has 0 bridgehead atoms. The molecule has 1 aliphatic heterocycles. The molecule has 5 nitrogen and oxygen atoms in total. The lowest BCUT2D eigenvalue weighted by molar-refractivity contribution is 0.170. The van der Waals surface area contributed by atoms with Crippen molar-refractivity contribution in [2.24, 2.45) is 5.92 Å². The number of piperidine rings is 1. The van der Waals surface area contributed by atoms with Gasteiger partial charge in [-0.3, -0.25) is 0 Å². The number of benzene rings is 1. The van der Waals surface area contributed by atoms with E-state index in [-0.39, 0.29) is 17.7 Å². The maximum absolute atomic E-state index is 12.3. The highest BCUT2D eigenvalue weighted by molar-refractivity contribution is 7.90. The van der Waals surface area contributed by atoms with Gasteiger partial charge in [0.2, 0.25) is 0 Å². The fraction of sp³-hybridized carbons (Fsp3) is 0.562. The van der Waals surface area contributed by atoms with E-state index in [2.05, 4.69) is 5.32 Å². The number of hydrogen-bond acceptors (Lipinski definition) is 3. The van der Waals surface area contributed by atoms with E-state index < -0.39 is 9.84 Å². The molecular formula is C16H24N2O3S. The van der Waals surface area contributed by atoms with E-state index >= 15 is 0 Å². The molecule has 1 N–H and O–H groups in total. The third-order valence-corrected chi connectivity index (χ3v) is 5.11. The first kappa shape index (κ1) is 16.8. The summed E-state index contributed by atoms with van der Waals surface area (Å²) in [6.07, 6.45) is 2.98. The van der Waals surface area contributed by atoms with Crippen LogP contribution in [0.15, 0.2) is 24.3 Å². The van der Waals surface area contributed by atoms with Crippen LogP contribution in [0.4, 0.5) is 4.79 Å². The molecule has 2 rings (SSSR count). The summed E-state index contributed by atoms with van der Waals surface area (Å²) in [7, 11) is -2.99. The van der Waals surface area contributed by atoms with Gasteiger partial charge >= 0.3 is 6.03 Å². The zero-order chi connectivity index (χ0) is 16.2. The van der Waals surface area contributed by atoms with Crippen molar-refractivity contribution in [1.82, 2.24) is 10.2 Å². The molecule has 6 heteroatoms. The lowest BCUT2D eigenvalue weighted by Crippen LogP contribution is -2.46. The van der Waals surface area contributed by atoms with Gasteiger partial charge in [-0.15, -0.1) is 0 Å². The average molecular weight is 324 g/mol. The number of rotatable bonds is 4. The number of hydrogen-bond donors (Lipinski definition) is 1. The molecule has 0 radical (unpaired) electrons. The van der Waals surface area contributed by atoms with Crippen molar-refractivity contribution >= 4 is 15.9 Å². The minimum atomic E-state index is -2.99. The molecule has 1 aliphatic rings. The molecule has 1 fully saturated rings. The standard InChI is InChI=1S/C16H24N2O3S/c1-13-6-3-4-8-15(13)10-17-16(19)18-9-5-7-14(11-18)12-22(2,20)21/h3-4,6,8,14H,5,7,9-12H2,1-2H3,(H,17,19). The van der Waals surface area contributed by atoms with Crippen LogP contribution >= 0.6 is 0 Å². The van der Waals surface area contributed by atoms with Crippen LogP contribution in [0.2, 0.25) is 0 Å². The first-order chi connectivity index (χ1) is 10.3. The van der Waals surface area contributed by atoms with Crippen LogP contribution in [-0.2, 0) is 16.4 Å². The van der Waals surface area contributed by atoms with Crippen LogP contribution in [0.3, 0.4) is 0 Å². The molecule has 1 aromatic rings. The van der Waals surface area contributed by atoms with Crippen molar-refractivity contribution in [3.8, 4) is 0 Å². The molecule has 1 aromatic carbocycles. The Labute approximate surface area is 132 Å². The Bertz CT molecular complexity index is 628. The summed E-state index contributed by atoms with van der Waals surface area (Å²) in [6, 6.07) is 7.84. The van der Waals surface area contributed by atoms with Crippen LogP contribution in [0.5, 0.6) is 0 Å². The predicted octanol–water partition coefficient (Wildman–Crippen LogP) is 1.96. The predicted molar refractivity (Wildman–Crippen MR) is 87.4 cm³/mol. The fourth-order valence-corrected chi connectivity index (χ4v) is 4.03. The van der Waals surface area contributed by atoms with Gasteiger partial charge in [-0.05, 0) is 36.8 Å². The number of likely N-dealkylation sites (tertiary alicyclic amines) is 1. The van der Waals surface area contributed by atoms with Gasteiger partial charge in [-0.2, -0.15) is 0 Å². The monoisotopic (exact) mass is 324 g/mol. The fourth-order valence-electron chi connectivity index (χ4n) is 2.90. The average Bonchev–Trinajstić information content (AvgIpc) is 2.44. The SMILES string of the molecule is Cc1ccccc1CNC(=O)N1CCCC(CS(C)(=O)=O)C1. The zero-order valence-electron chi connectivity index (χ0n) is 13.2. The molecule has 1 heterocycles. The van der Waals surface area contributed by atoms with Crippen LogP contribution < -0.4 is 5.32 Å². The van der Waals surface area contributed by atoms with E-state index in [1.807, 2.05) is 31.2 Å². The van der Waals surface area contributed by atoms with E-state index in [4.69, 9.17) is 0 Å². The van der Waals surface area contributed by atoms with Crippen LogP contribution in [0.1, 0.15) is 24.0 Å². The Hall–Kier alpha value is -1.56. The van der Waals surface area contributed by atoms with Gasteiger partial charge < -0.3 is 10.2 Å². The van der Waals surface area contributed by atoms with Crippen LogP contribution in [0, 0.1) is 12.8 Å². The second-order valence-corrected chi connectivity index (χ2v) is 8.32. The molecule has 1 unspecified atom stereocenters. The Morgan fingerprint density at radius 3 is 2.77 bits per heavy atom.